The molecule has 0 aliphatic heterocycles. The van der Waals surface area contributed by atoms with Gasteiger partial charge in [-0.25, -0.2) is 4.79 Å². The fraction of sp³-hybridized carbons (Fsp3) is 0.300. The van der Waals surface area contributed by atoms with Crippen LogP contribution in [0.1, 0.15) is 11.7 Å². The number of hydrogen-bond donors (Lipinski definition) is 1. The molecule has 0 amide bonds. The molecule has 0 bridgehead atoms. The van der Waals surface area contributed by atoms with Crippen LogP contribution in [0.25, 0.3) is 0 Å². The van der Waals surface area contributed by atoms with Crippen molar-refractivity contribution in [3.05, 3.63) is 29.8 Å². The Morgan fingerprint density at radius 2 is 1.88 bits per heavy atom. The first-order valence-electron chi connectivity index (χ1n) is 4.45. The number of ether oxygens (including phenoxy) is 1. The third-order valence-corrected chi connectivity index (χ3v) is 2.62. The third kappa shape index (κ3) is 4.27. The number of hydrogen-bond acceptors (Lipinski definition) is 3. The molecule has 0 heterocycles. The van der Waals surface area contributed by atoms with Crippen LogP contribution in [0.2, 0.25) is 0 Å². The number of carboxylic acid groups (broad SMARTS) is 1. The van der Waals surface area contributed by atoms with E-state index in [0.29, 0.717) is 5.56 Å². The van der Waals surface area contributed by atoms with E-state index in [9.17, 15) is 18.0 Å². The SMILES string of the molecule is COC(C(=O)O)c1ccc(SC(F)(F)F)cc1. The number of aliphatic carboxylic acids is 1. The van der Waals surface area contributed by atoms with E-state index in [1.165, 1.54) is 31.4 Å². The summed E-state index contributed by atoms with van der Waals surface area (Å²) in [6, 6.07) is 5.03. The maximum absolute atomic E-state index is 12.0. The minimum Gasteiger partial charge on any atom is -0.479 e. The first kappa shape index (κ1) is 13.9. The zero-order valence-corrected chi connectivity index (χ0v) is 9.51. The Labute approximate surface area is 99.6 Å². The molecule has 94 valence electrons. The minimum absolute atomic E-state index is 0.00138. The maximum Gasteiger partial charge on any atom is 0.446 e. The van der Waals surface area contributed by atoms with Gasteiger partial charge in [-0.05, 0) is 29.5 Å². The van der Waals surface area contributed by atoms with Crippen molar-refractivity contribution in [1.82, 2.24) is 0 Å². The highest BCUT2D eigenvalue weighted by molar-refractivity contribution is 8.00. The van der Waals surface area contributed by atoms with E-state index in [1.54, 1.807) is 0 Å². The predicted molar refractivity (Wildman–Crippen MR) is 55.7 cm³/mol. The molecule has 1 aromatic rings. The maximum atomic E-state index is 12.0. The first-order valence-corrected chi connectivity index (χ1v) is 5.26. The van der Waals surface area contributed by atoms with Crippen LogP contribution >= 0.6 is 11.8 Å². The number of carbonyl (C=O) groups is 1. The standard InChI is InChI=1S/C10H9F3O3S/c1-16-8(9(14)15)6-2-4-7(5-3-6)17-10(11,12)13/h2-5,8H,1H3,(H,14,15). The number of benzene rings is 1. The van der Waals surface area contributed by atoms with Gasteiger partial charge in [-0.2, -0.15) is 13.2 Å². The van der Waals surface area contributed by atoms with E-state index in [2.05, 4.69) is 0 Å². The van der Waals surface area contributed by atoms with Crippen LogP contribution in [-0.2, 0) is 9.53 Å². The summed E-state index contributed by atoms with van der Waals surface area (Å²) in [5.41, 5.74) is -4.05. The first-order chi connectivity index (χ1) is 7.83. The molecular weight excluding hydrogens is 257 g/mol. The number of alkyl halides is 3. The highest BCUT2D eigenvalue weighted by Crippen LogP contribution is 2.37. The van der Waals surface area contributed by atoms with E-state index >= 15 is 0 Å². The van der Waals surface area contributed by atoms with Gasteiger partial charge >= 0.3 is 11.5 Å². The van der Waals surface area contributed by atoms with Gasteiger partial charge in [-0.3, -0.25) is 0 Å². The van der Waals surface area contributed by atoms with Crippen LogP contribution < -0.4 is 0 Å². The Morgan fingerprint density at radius 3 is 2.24 bits per heavy atom. The minimum atomic E-state index is -4.35. The second kappa shape index (κ2) is 5.42. The fourth-order valence-electron chi connectivity index (χ4n) is 1.22. The lowest BCUT2D eigenvalue weighted by atomic mass is 10.1. The molecular formula is C10H9F3O3S. The van der Waals surface area contributed by atoms with E-state index in [1.807, 2.05) is 0 Å². The van der Waals surface area contributed by atoms with Gasteiger partial charge in [0.25, 0.3) is 0 Å². The van der Waals surface area contributed by atoms with Crippen LogP contribution in [0.3, 0.4) is 0 Å². The Hall–Kier alpha value is -1.21. The molecule has 1 rings (SSSR count). The zero-order valence-electron chi connectivity index (χ0n) is 8.69. The van der Waals surface area contributed by atoms with Crippen LogP contribution in [0.5, 0.6) is 0 Å². The predicted octanol–water partition coefficient (Wildman–Crippen LogP) is 3.07. The molecule has 3 nitrogen and oxygen atoms in total. The van der Waals surface area contributed by atoms with Crippen molar-refractivity contribution >= 4 is 17.7 Å². The van der Waals surface area contributed by atoms with E-state index in [0.717, 1.165) is 0 Å². The van der Waals surface area contributed by atoms with Crippen LogP contribution in [0, 0.1) is 0 Å². The highest BCUT2D eigenvalue weighted by Gasteiger charge is 2.29. The lowest BCUT2D eigenvalue weighted by Crippen LogP contribution is -2.13. The molecule has 0 fully saturated rings. The summed E-state index contributed by atoms with van der Waals surface area (Å²) in [4.78, 5) is 10.7. The molecule has 1 atom stereocenters. The van der Waals surface area contributed by atoms with Crippen LogP contribution in [0.15, 0.2) is 29.2 Å². The molecule has 0 aliphatic carbocycles. The van der Waals surface area contributed by atoms with Gasteiger partial charge in [-0.15, -0.1) is 0 Å². The summed E-state index contributed by atoms with van der Waals surface area (Å²) in [6.45, 7) is 0. The van der Waals surface area contributed by atoms with Crippen LogP contribution in [-0.4, -0.2) is 23.7 Å². The summed E-state index contributed by atoms with van der Waals surface area (Å²) in [5, 5.41) is 8.77. The van der Waals surface area contributed by atoms with E-state index in [-0.39, 0.29) is 16.7 Å². The molecule has 1 N–H and O–H groups in total. The van der Waals surface area contributed by atoms with Gasteiger partial charge in [0.15, 0.2) is 6.10 Å². The van der Waals surface area contributed by atoms with Gasteiger partial charge < -0.3 is 9.84 Å². The number of thioether (sulfide) groups is 1. The number of halogens is 3. The van der Waals surface area contributed by atoms with Crippen molar-refractivity contribution in [2.45, 2.75) is 16.5 Å². The number of methoxy groups -OCH3 is 1. The normalized spacial score (nSPS) is 13.4. The molecule has 0 aromatic heterocycles. The van der Waals surface area contributed by atoms with Crippen molar-refractivity contribution in [3.63, 3.8) is 0 Å². The average Bonchev–Trinajstić information content (AvgIpc) is 2.18. The topological polar surface area (TPSA) is 46.5 Å². The van der Waals surface area contributed by atoms with Crippen molar-refractivity contribution in [2.75, 3.05) is 7.11 Å². The Morgan fingerprint density at radius 1 is 1.35 bits per heavy atom. The van der Waals surface area contributed by atoms with Gasteiger partial charge in [0, 0.05) is 12.0 Å². The largest absolute Gasteiger partial charge is 0.479 e. The summed E-state index contributed by atoms with van der Waals surface area (Å²) in [7, 11) is 1.22. The second-order valence-corrected chi connectivity index (χ2v) is 4.21. The van der Waals surface area contributed by atoms with Crippen LogP contribution in [0.4, 0.5) is 13.2 Å². The van der Waals surface area contributed by atoms with Crippen molar-refractivity contribution in [3.8, 4) is 0 Å². The molecule has 0 saturated heterocycles. The fourth-order valence-corrected chi connectivity index (χ4v) is 1.76. The molecule has 1 aromatic carbocycles. The summed E-state index contributed by atoms with van der Waals surface area (Å²) in [5.74, 6) is -1.19. The molecule has 1 unspecified atom stereocenters. The lowest BCUT2D eigenvalue weighted by molar-refractivity contribution is -0.148. The highest BCUT2D eigenvalue weighted by atomic mass is 32.2. The van der Waals surface area contributed by atoms with E-state index < -0.39 is 17.6 Å². The quantitative estimate of drug-likeness (QED) is 0.851. The van der Waals surface area contributed by atoms with Crippen molar-refractivity contribution < 1.29 is 27.8 Å². The summed E-state index contributed by atoms with van der Waals surface area (Å²) < 4.78 is 40.8. The van der Waals surface area contributed by atoms with Gasteiger partial charge in [0.2, 0.25) is 0 Å². The lowest BCUT2D eigenvalue weighted by Gasteiger charge is -2.11. The zero-order chi connectivity index (χ0) is 13.1. The monoisotopic (exact) mass is 266 g/mol. The van der Waals surface area contributed by atoms with E-state index in [4.69, 9.17) is 9.84 Å². The van der Waals surface area contributed by atoms with Crippen molar-refractivity contribution in [2.24, 2.45) is 0 Å². The number of carboxylic acids is 1. The molecule has 7 heteroatoms. The second-order valence-electron chi connectivity index (χ2n) is 3.07. The Bertz CT molecular complexity index is 389. The summed E-state index contributed by atoms with van der Waals surface area (Å²) >= 11 is -0.251. The summed E-state index contributed by atoms with van der Waals surface area (Å²) in [6.07, 6.45) is -1.17. The molecule has 0 saturated carbocycles. The number of rotatable bonds is 4. The average molecular weight is 266 g/mol. The smallest absolute Gasteiger partial charge is 0.446 e. The third-order valence-electron chi connectivity index (χ3n) is 1.88. The Kier molecular flexibility index (Phi) is 4.41. The Balaban J connectivity index is 2.84. The molecule has 0 aliphatic rings. The van der Waals surface area contributed by atoms with Gasteiger partial charge in [-0.1, -0.05) is 12.1 Å². The van der Waals surface area contributed by atoms with Crippen molar-refractivity contribution in [1.29, 1.82) is 0 Å². The van der Waals surface area contributed by atoms with Gasteiger partial charge in [0.05, 0.1) is 0 Å². The molecule has 0 spiro atoms. The van der Waals surface area contributed by atoms with Gasteiger partial charge in [0.1, 0.15) is 0 Å². The molecule has 0 radical (unpaired) electrons. The molecule has 17 heavy (non-hydrogen) atoms.